The molecule has 0 aromatic heterocycles. The van der Waals surface area contributed by atoms with Gasteiger partial charge in [-0.2, -0.15) is 0 Å². The van der Waals surface area contributed by atoms with Crippen molar-refractivity contribution in [1.82, 2.24) is 0 Å². The van der Waals surface area contributed by atoms with Gasteiger partial charge in [-0.1, -0.05) is 40.0 Å². The van der Waals surface area contributed by atoms with Crippen LogP contribution in [0.15, 0.2) is 42.0 Å². The monoisotopic (exact) mass is 620 g/mol. The second-order valence-corrected chi connectivity index (χ2v) is 16.8. The zero-order valence-electron chi connectivity index (χ0n) is 24.0. The molecule has 8 atom stereocenters. The van der Waals surface area contributed by atoms with Crippen LogP contribution >= 0.6 is 0 Å². The Kier molecular flexibility index (Phi) is 8.54. The van der Waals surface area contributed by atoms with Crippen LogP contribution in [0, 0.1) is 46.3 Å². The second-order valence-electron chi connectivity index (χ2n) is 13.9. The molecule has 0 aliphatic heterocycles. The Hall–Kier alpha value is -0.780. The summed E-state index contributed by atoms with van der Waals surface area (Å²) in [6.45, 7) is 12.6. The maximum atomic E-state index is 12.7. The third kappa shape index (κ3) is 5.61. The number of fused-ring (bicyclic) bond motifs is 5. The summed E-state index contributed by atoms with van der Waals surface area (Å²) in [7, 11) is 0. The van der Waals surface area contributed by atoms with Gasteiger partial charge in [0.05, 0.1) is 0 Å². The molecule has 0 unspecified atom stereocenters. The molecular weight excluding hydrogens is 568 g/mol. The Morgan fingerprint density at radius 1 is 1.00 bits per heavy atom. The Morgan fingerprint density at radius 3 is 2.54 bits per heavy atom. The third-order valence-corrected chi connectivity index (χ3v) is 13.7. The van der Waals surface area contributed by atoms with Crippen molar-refractivity contribution in [3.63, 3.8) is 0 Å². The molecule has 5 rings (SSSR count). The summed E-state index contributed by atoms with van der Waals surface area (Å²) in [4.78, 5) is 12.7. The van der Waals surface area contributed by atoms with E-state index in [-0.39, 0.29) is 10.1 Å². The summed E-state index contributed by atoms with van der Waals surface area (Å²) in [6.07, 6.45) is 17.2. The van der Waals surface area contributed by atoms with Crippen molar-refractivity contribution in [1.29, 1.82) is 0 Å². The zero-order valence-corrected chi connectivity index (χ0v) is 26.3. The van der Waals surface area contributed by atoms with Crippen molar-refractivity contribution in [2.75, 3.05) is 0 Å². The topological polar surface area (TPSA) is 26.3 Å². The molecule has 0 saturated heterocycles. The van der Waals surface area contributed by atoms with E-state index in [9.17, 15) is 4.79 Å². The number of carbonyl (C=O) groups excluding carboxylic acids is 1. The molecule has 2 nitrogen and oxygen atoms in total. The molecule has 3 saturated carbocycles. The first kappa shape index (κ1) is 27.8. The average Bonchev–Trinajstić information content (AvgIpc) is 3.22. The third-order valence-electron chi connectivity index (χ3n) is 11.5. The van der Waals surface area contributed by atoms with Gasteiger partial charge in [0.2, 0.25) is 0 Å². The van der Waals surface area contributed by atoms with Crippen LogP contribution in [-0.2, 0) is 4.74 Å². The van der Waals surface area contributed by atoms with Gasteiger partial charge in [0.15, 0.2) is 0 Å². The van der Waals surface area contributed by atoms with Crippen molar-refractivity contribution in [3.8, 4) is 0 Å². The van der Waals surface area contributed by atoms with Crippen molar-refractivity contribution in [2.45, 2.75) is 111 Å². The first-order chi connectivity index (χ1) is 17.7. The molecular formula is C34H50O2Te. The molecule has 0 N–H and O–H groups in total. The molecule has 0 heterocycles. The van der Waals surface area contributed by atoms with Gasteiger partial charge in [-0.25, -0.2) is 0 Å². The summed E-state index contributed by atoms with van der Waals surface area (Å²) in [5, 5.41) is 0. The minimum absolute atomic E-state index is 0.0624. The Balaban J connectivity index is 1.22. The van der Waals surface area contributed by atoms with E-state index in [4.69, 9.17) is 4.74 Å². The quantitative estimate of drug-likeness (QED) is 0.216. The van der Waals surface area contributed by atoms with Gasteiger partial charge < -0.3 is 0 Å². The summed E-state index contributed by atoms with van der Waals surface area (Å²) >= 11 is -0.921. The summed E-state index contributed by atoms with van der Waals surface area (Å²) in [6, 6.07) is 10.2. The molecule has 37 heavy (non-hydrogen) atoms. The zero-order chi connectivity index (χ0) is 26.2. The predicted molar refractivity (Wildman–Crippen MR) is 155 cm³/mol. The molecule has 1 aromatic rings. The molecule has 0 radical (unpaired) electrons. The molecule has 0 amide bonds. The molecule has 3 fully saturated rings. The van der Waals surface area contributed by atoms with Crippen LogP contribution in [0.5, 0.6) is 0 Å². The maximum absolute atomic E-state index is 12.7. The standard InChI is InChI=1S/C34H50O2Te/c1-23(2)10-9-11-24(3)29-16-17-30-28-15-14-25-22-26(36-32(35)37-27-12-7-6-8-13-27)18-20-33(25,4)31(28)19-21-34(29,30)5/h6-8,12-14,23-24,26,28-31H,9-11,15-22H2,1-5H3/t24-,26+,28+,29-,30+,31+,33+,34-/m1/s1. The first-order valence-electron chi connectivity index (χ1n) is 15.3. The number of carbonyl (C=O) groups is 1. The van der Waals surface area contributed by atoms with Crippen molar-refractivity contribution in [3.05, 3.63) is 42.0 Å². The number of rotatable bonds is 8. The molecule has 4 aliphatic carbocycles. The first-order valence-corrected chi connectivity index (χ1v) is 17.7. The van der Waals surface area contributed by atoms with Gasteiger partial charge >= 0.3 is 192 Å². The number of ether oxygens (including phenoxy) is 1. The van der Waals surface area contributed by atoms with Crippen LogP contribution < -0.4 is 3.61 Å². The van der Waals surface area contributed by atoms with Crippen LogP contribution in [0.2, 0.25) is 0 Å². The average molecular weight is 618 g/mol. The molecule has 3 heteroatoms. The SMILES string of the molecule is CC(C)CCC[C@@H](C)[C@H]1CC[C@H]2[C@@H]3CC=C4C[C@@H](OC(=O)[Te]c5ccccc5)CC[C@]4(C)[C@H]3CC[C@]12C. The van der Waals surface area contributed by atoms with Crippen LogP contribution in [0.3, 0.4) is 0 Å². The van der Waals surface area contributed by atoms with E-state index < -0.39 is 20.9 Å². The van der Waals surface area contributed by atoms with Gasteiger partial charge in [-0.3, -0.25) is 0 Å². The Bertz CT molecular complexity index is 969. The molecule has 1 aromatic carbocycles. The Labute approximate surface area is 236 Å². The number of benzene rings is 1. The van der Waals surface area contributed by atoms with E-state index in [0.29, 0.717) is 10.8 Å². The molecule has 0 spiro atoms. The van der Waals surface area contributed by atoms with E-state index in [1.54, 1.807) is 5.57 Å². The number of hydrogen-bond acceptors (Lipinski definition) is 2. The van der Waals surface area contributed by atoms with Crippen molar-refractivity contribution in [2.24, 2.45) is 46.3 Å². The fourth-order valence-electron chi connectivity index (χ4n) is 9.50. The van der Waals surface area contributed by atoms with Crippen LogP contribution in [0.25, 0.3) is 0 Å². The fourth-order valence-corrected chi connectivity index (χ4v) is 11.4. The second kappa shape index (κ2) is 11.4. The molecule has 4 aliphatic rings. The van der Waals surface area contributed by atoms with Gasteiger partial charge in [0, 0.05) is 0 Å². The van der Waals surface area contributed by atoms with Crippen LogP contribution in [0.1, 0.15) is 105 Å². The van der Waals surface area contributed by atoms with E-state index >= 15 is 0 Å². The predicted octanol–water partition coefficient (Wildman–Crippen LogP) is 8.56. The fraction of sp³-hybridized carbons (Fsp3) is 0.735. The van der Waals surface area contributed by atoms with E-state index in [1.807, 2.05) is 18.2 Å². The van der Waals surface area contributed by atoms with Gasteiger partial charge in [-0.15, -0.1) is 0 Å². The van der Waals surface area contributed by atoms with Crippen molar-refractivity contribution < 1.29 is 9.53 Å². The van der Waals surface area contributed by atoms with E-state index in [0.717, 1.165) is 48.3 Å². The van der Waals surface area contributed by atoms with Crippen LogP contribution in [-0.4, -0.2) is 31.0 Å². The minimum atomic E-state index is -0.921. The Morgan fingerprint density at radius 2 is 1.78 bits per heavy atom. The van der Waals surface area contributed by atoms with Gasteiger partial charge in [-0.05, 0) is 5.92 Å². The molecule has 204 valence electrons. The van der Waals surface area contributed by atoms with E-state index in [2.05, 4.69) is 52.8 Å². The van der Waals surface area contributed by atoms with E-state index in [1.165, 1.54) is 61.4 Å². The number of hydrogen-bond donors (Lipinski definition) is 0. The normalized spacial score (nSPS) is 37.8. The number of allylic oxidation sites excluding steroid dienone is 1. The van der Waals surface area contributed by atoms with Crippen LogP contribution in [0.4, 0.5) is 4.79 Å². The summed E-state index contributed by atoms with van der Waals surface area (Å²) < 4.78 is 7.31. The summed E-state index contributed by atoms with van der Waals surface area (Å²) in [5.74, 6) is 5.24. The van der Waals surface area contributed by atoms with Gasteiger partial charge in [0.25, 0.3) is 0 Å². The molecule has 0 bridgehead atoms. The van der Waals surface area contributed by atoms with Crippen molar-refractivity contribution >= 4 is 28.6 Å². The van der Waals surface area contributed by atoms with Gasteiger partial charge in [0.1, 0.15) is 0 Å². The summed E-state index contributed by atoms with van der Waals surface area (Å²) in [5.41, 5.74) is 2.50.